The number of hydrogen-bond acceptors (Lipinski definition) is 4. The van der Waals surface area contributed by atoms with Crippen LogP contribution in [0.1, 0.15) is 24.8 Å². The van der Waals surface area contributed by atoms with Gasteiger partial charge in [0.2, 0.25) is 0 Å². The first kappa shape index (κ1) is 14.9. The number of benzene rings is 1. The minimum atomic E-state index is -0.339. The highest BCUT2D eigenvalue weighted by Gasteiger charge is 2.38. The largest absolute Gasteiger partial charge is 0.327 e. The number of likely N-dealkylation sites (tertiary alicyclic amines) is 1. The number of nitrogens with two attached hydrogens (primary N) is 1. The Hall–Kier alpha value is -0.980. The van der Waals surface area contributed by atoms with Crippen LogP contribution >= 0.6 is 15.9 Å². The van der Waals surface area contributed by atoms with Crippen LogP contribution in [0.2, 0.25) is 0 Å². The van der Waals surface area contributed by atoms with Gasteiger partial charge in [0.15, 0.2) is 0 Å². The maximum atomic E-state index is 10.9. The van der Waals surface area contributed by atoms with Gasteiger partial charge in [-0.05, 0) is 36.3 Å². The Balaban J connectivity index is 1.71. The van der Waals surface area contributed by atoms with Crippen LogP contribution in [-0.4, -0.2) is 29.0 Å². The summed E-state index contributed by atoms with van der Waals surface area (Å²) in [4.78, 5) is 13.0. The predicted octanol–water partition coefficient (Wildman–Crippen LogP) is 2.92. The third kappa shape index (κ3) is 3.27. The summed E-state index contributed by atoms with van der Waals surface area (Å²) < 4.78 is 0.764. The fourth-order valence-corrected chi connectivity index (χ4v) is 4.35. The summed E-state index contributed by atoms with van der Waals surface area (Å²) in [5.41, 5.74) is 7.38. The maximum Gasteiger partial charge on any atom is 0.270 e. The lowest BCUT2D eigenvalue weighted by atomic mass is 9.78. The van der Waals surface area contributed by atoms with Crippen molar-refractivity contribution in [2.75, 3.05) is 13.1 Å². The minimum absolute atomic E-state index is 0.146. The summed E-state index contributed by atoms with van der Waals surface area (Å²) >= 11 is 3.36. The monoisotopic (exact) mass is 353 g/mol. The van der Waals surface area contributed by atoms with Gasteiger partial charge in [0.05, 0.1) is 4.92 Å². The van der Waals surface area contributed by atoms with Crippen LogP contribution in [0.25, 0.3) is 0 Å². The summed E-state index contributed by atoms with van der Waals surface area (Å²) in [6.07, 6.45) is 3.64. The van der Waals surface area contributed by atoms with E-state index in [4.69, 9.17) is 5.73 Å². The van der Waals surface area contributed by atoms with Crippen LogP contribution in [0.4, 0.5) is 5.69 Å². The van der Waals surface area contributed by atoms with Gasteiger partial charge in [0.25, 0.3) is 5.69 Å². The van der Waals surface area contributed by atoms with E-state index in [0.717, 1.165) is 36.1 Å². The first-order chi connectivity index (χ1) is 10.0. The van der Waals surface area contributed by atoms with E-state index in [1.807, 2.05) is 6.07 Å². The SMILES string of the molecule is NC1CCCC2CN(Cc3cc(Br)cc([N+](=O)[O-])c3)CC12. The molecule has 1 aliphatic heterocycles. The summed E-state index contributed by atoms with van der Waals surface area (Å²) in [6.45, 7) is 2.85. The Kier molecular flexibility index (Phi) is 4.28. The second-order valence-electron chi connectivity index (χ2n) is 6.29. The van der Waals surface area contributed by atoms with Gasteiger partial charge in [-0.25, -0.2) is 0 Å². The molecule has 2 N–H and O–H groups in total. The molecular formula is C15H20BrN3O2. The Morgan fingerprint density at radius 3 is 2.86 bits per heavy atom. The first-order valence-corrected chi connectivity index (χ1v) is 8.24. The topological polar surface area (TPSA) is 72.4 Å². The third-order valence-corrected chi connectivity index (χ3v) is 5.25. The average Bonchev–Trinajstić information content (AvgIpc) is 2.82. The molecule has 6 heteroatoms. The smallest absolute Gasteiger partial charge is 0.270 e. The van der Waals surface area contributed by atoms with Gasteiger partial charge in [-0.2, -0.15) is 0 Å². The summed E-state index contributed by atoms with van der Waals surface area (Å²) in [5, 5.41) is 10.9. The van der Waals surface area contributed by atoms with Crippen molar-refractivity contribution in [2.24, 2.45) is 17.6 Å². The normalized spacial score (nSPS) is 29.3. The van der Waals surface area contributed by atoms with Crippen molar-refractivity contribution in [1.29, 1.82) is 0 Å². The molecule has 1 heterocycles. The van der Waals surface area contributed by atoms with Crippen molar-refractivity contribution in [1.82, 2.24) is 4.90 Å². The van der Waals surface area contributed by atoms with E-state index < -0.39 is 0 Å². The highest BCUT2D eigenvalue weighted by Crippen LogP contribution is 2.36. The number of non-ortho nitro benzene ring substituents is 1. The number of rotatable bonds is 3. The highest BCUT2D eigenvalue weighted by molar-refractivity contribution is 9.10. The molecule has 1 saturated heterocycles. The van der Waals surface area contributed by atoms with Gasteiger partial charge >= 0.3 is 0 Å². The zero-order valence-electron chi connectivity index (χ0n) is 11.9. The number of nitro benzene ring substituents is 1. The minimum Gasteiger partial charge on any atom is -0.327 e. The van der Waals surface area contributed by atoms with Crippen molar-refractivity contribution in [3.8, 4) is 0 Å². The number of fused-ring (bicyclic) bond motifs is 1. The molecule has 0 spiro atoms. The molecule has 3 atom stereocenters. The van der Waals surface area contributed by atoms with Crippen molar-refractivity contribution in [2.45, 2.75) is 31.8 Å². The van der Waals surface area contributed by atoms with E-state index in [2.05, 4.69) is 20.8 Å². The van der Waals surface area contributed by atoms with Crippen molar-refractivity contribution >= 4 is 21.6 Å². The van der Waals surface area contributed by atoms with E-state index in [1.165, 1.54) is 12.8 Å². The molecule has 5 nitrogen and oxygen atoms in total. The molecule has 114 valence electrons. The number of nitro groups is 1. The highest BCUT2D eigenvalue weighted by atomic mass is 79.9. The molecule has 1 aromatic carbocycles. The van der Waals surface area contributed by atoms with Crippen LogP contribution in [0, 0.1) is 22.0 Å². The lowest BCUT2D eigenvalue weighted by molar-refractivity contribution is -0.385. The molecule has 2 aliphatic rings. The second-order valence-corrected chi connectivity index (χ2v) is 7.20. The van der Waals surface area contributed by atoms with Crippen LogP contribution in [0.3, 0.4) is 0 Å². The molecule has 0 aromatic heterocycles. The molecule has 3 unspecified atom stereocenters. The van der Waals surface area contributed by atoms with E-state index in [-0.39, 0.29) is 10.6 Å². The molecule has 0 amide bonds. The number of nitrogens with zero attached hydrogens (tertiary/aromatic N) is 2. The lowest BCUT2D eigenvalue weighted by Gasteiger charge is -2.29. The maximum absolute atomic E-state index is 10.9. The van der Waals surface area contributed by atoms with Gasteiger partial charge in [0, 0.05) is 42.3 Å². The fraction of sp³-hybridized carbons (Fsp3) is 0.600. The predicted molar refractivity (Wildman–Crippen MR) is 84.9 cm³/mol. The van der Waals surface area contributed by atoms with Crippen molar-refractivity contribution in [3.05, 3.63) is 38.3 Å². The number of hydrogen-bond donors (Lipinski definition) is 1. The van der Waals surface area contributed by atoms with E-state index in [9.17, 15) is 10.1 Å². The average molecular weight is 354 g/mol. The quantitative estimate of drug-likeness (QED) is 0.669. The Morgan fingerprint density at radius 1 is 1.33 bits per heavy atom. The summed E-state index contributed by atoms with van der Waals surface area (Å²) in [7, 11) is 0. The first-order valence-electron chi connectivity index (χ1n) is 7.45. The van der Waals surface area contributed by atoms with Crippen LogP contribution < -0.4 is 5.73 Å². The van der Waals surface area contributed by atoms with Crippen LogP contribution in [0.15, 0.2) is 22.7 Å². The van der Waals surface area contributed by atoms with Crippen LogP contribution in [0.5, 0.6) is 0 Å². The summed E-state index contributed by atoms with van der Waals surface area (Å²) in [6, 6.07) is 5.51. The number of halogens is 1. The van der Waals surface area contributed by atoms with Crippen LogP contribution in [-0.2, 0) is 6.54 Å². The van der Waals surface area contributed by atoms with Gasteiger partial charge in [-0.3, -0.25) is 15.0 Å². The van der Waals surface area contributed by atoms with Gasteiger partial charge in [-0.1, -0.05) is 22.4 Å². The molecule has 1 aliphatic carbocycles. The lowest BCUT2D eigenvalue weighted by Crippen LogP contribution is -2.38. The molecular weight excluding hydrogens is 334 g/mol. The molecule has 0 bridgehead atoms. The zero-order chi connectivity index (χ0) is 15.0. The van der Waals surface area contributed by atoms with E-state index in [0.29, 0.717) is 17.9 Å². The van der Waals surface area contributed by atoms with Gasteiger partial charge in [-0.15, -0.1) is 0 Å². The Labute approximate surface area is 132 Å². The van der Waals surface area contributed by atoms with Gasteiger partial charge in [0.1, 0.15) is 0 Å². The molecule has 1 saturated carbocycles. The standard InChI is InChI=1S/C15H20BrN3O2/c16-12-4-10(5-13(6-12)19(20)21)7-18-8-11-2-1-3-15(17)14(11)9-18/h4-6,11,14-15H,1-3,7-9,17H2. The third-order valence-electron chi connectivity index (χ3n) is 4.79. The Bertz CT molecular complexity index is 552. The van der Waals surface area contributed by atoms with Gasteiger partial charge < -0.3 is 5.73 Å². The Morgan fingerprint density at radius 2 is 2.14 bits per heavy atom. The summed E-state index contributed by atoms with van der Waals surface area (Å²) in [5.74, 6) is 1.30. The molecule has 1 aromatic rings. The van der Waals surface area contributed by atoms with E-state index >= 15 is 0 Å². The van der Waals surface area contributed by atoms with Crippen molar-refractivity contribution < 1.29 is 4.92 Å². The molecule has 2 fully saturated rings. The fourth-order valence-electron chi connectivity index (χ4n) is 3.83. The molecule has 21 heavy (non-hydrogen) atoms. The zero-order valence-corrected chi connectivity index (χ0v) is 13.5. The molecule has 3 rings (SSSR count). The second kappa shape index (κ2) is 6.02. The van der Waals surface area contributed by atoms with E-state index in [1.54, 1.807) is 12.1 Å². The molecule has 0 radical (unpaired) electrons. The van der Waals surface area contributed by atoms with Crippen molar-refractivity contribution in [3.63, 3.8) is 0 Å².